The van der Waals surface area contributed by atoms with Crippen LogP contribution in [0.3, 0.4) is 0 Å². The molecule has 1 aromatic carbocycles. The van der Waals surface area contributed by atoms with E-state index >= 15 is 0 Å². The van der Waals surface area contributed by atoms with Crippen LogP contribution in [0, 0.1) is 0 Å². The van der Waals surface area contributed by atoms with Gasteiger partial charge in [-0.05, 0) is 73.4 Å². The molecule has 0 unspecified atom stereocenters. The monoisotopic (exact) mass is 475 g/mol. The van der Waals surface area contributed by atoms with Gasteiger partial charge in [0, 0.05) is 48.0 Å². The minimum Gasteiger partial charge on any atom is -0.397 e. The summed E-state index contributed by atoms with van der Waals surface area (Å²) in [6, 6.07) is 12.4. The molecular formula is C27H33N5OS. The van der Waals surface area contributed by atoms with Gasteiger partial charge in [-0.25, -0.2) is 4.98 Å². The highest BCUT2D eigenvalue weighted by Gasteiger charge is 2.32. The zero-order valence-electron chi connectivity index (χ0n) is 19.9. The number of piperazine rings is 1. The molecule has 3 aromatic rings. The fourth-order valence-electron chi connectivity index (χ4n) is 5.82. The van der Waals surface area contributed by atoms with Crippen LogP contribution >= 0.6 is 11.3 Å². The first-order valence-corrected chi connectivity index (χ1v) is 13.4. The Hall–Kier alpha value is -2.64. The van der Waals surface area contributed by atoms with Crippen LogP contribution in [-0.4, -0.2) is 42.1 Å². The van der Waals surface area contributed by atoms with Gasteiger partial charge in [-0.2, -0.15) is 0 Å². The second kappa shape index (κ2) is 8.54. The number of hydrogen-bond donors (Lipinski definition) is 3. The molecule has 1 amide bonds. The first-order chi connectivity index (χ1) is 16.4. The molecule has 2 fully saturated rings. The molecule has 2 bridgehead atoms. The number of fused-ring (bicyclic) bond motifs is 4. The highest BCUT2D eigenvalue weighted by atomic mass is 32.1. The van der Waals surface area contributed by atoms with E-state index in [1.165, 1.54) is 41.0 Å². The molecule has 4 N–H and O–H groups in total. The summed E-state index contributed by atoms with van der Waals surface area (Å²) in [7, 11) is 0. The molecular weight excluding hydrogens is 442 g/mol. The number of nitrogens with one attached hydrogen (secondary N) is 2. The predicted molar refractivity (Wildman–Crippen MR) is 140 cm³/mol. The third-order valence-electron chi connectivity index (χ3n) is 7.75. The van der Waals surface area contributed by atoms with E-state index in [0.717, 1.165) is 48.3 Å². The van der Waals surface area contributed by atoms with Crippen molar-refractivity contribution in [1.29, 1.82) is 0 Å². The third-order valence-corrected chi connectivity index (χ3v) is 8.86. The Morgan fingerprint density at radius 2 is 1.94 bits per heavy atom. The lowest BCUT2D eigenvalue weighted by Gasteiger charge is -2.35. The zero-order chi connectivity index (χ0) is 23.4. The number of pyridine rings is 1. The molecule has 0 spiro atoms. The summed E-state index contributed by atoms with van der Waals surface area (Å²) in [5.74, 6) is 0.266. The number of hydrogen-bond acceptors (Lipinski definition) is 6. The Morgan fingerprint density at radius 3 is 2.71 bits per heavy atom. The van der Waals surface area contributed by atoms with E-state index in [4.69, 9.17) is 10.7 Å². The van der Waals surface area contributed by atoms with Gasteiger partial charge in [0.05, 0.1) is 5.69 Å². The smallest absolute Gasteiger partial charge is 0.263 e. The summed E-state index contributed by atoms with van der Waals surface area (Å²) < 4.78 is 0. The van der Waals surface area contributed by atoms with Crippen molar-refractivity contribution in [3.63, 3.8) is 0 Å². The number of thiophene rings is 1. The minimum atomic E-state index is -0.0760. The van der Waals surface area contributed by atoms with Crippen molar-refractivity contribution in [3.8, 4) is 0 Å². The maximum absolute atomic E-state index is 13.1. The highest BCUT2D eigenvalue weighted by Crippen LogP contribution is 2.34. The fourth-order valence-corrected chi connectivity index (χ4v) is 6.83. The van der Waals surface area contributed by atoms with E-state index in [9.17, 15) is 4.79 Å². The van der Waals surface area contributed by atoms with Crippen molar-refractivity contribution in [2.45, 2.75) is 70.0 Å². The number of nitrogens with two attached hydrogens (primary N) is 1. The van der Waals surface area contributed by atoms with Gasteiger partial charge in [0.25, 0.3) is 5.91 Å². The number of rotatable bonds is 4. The number of anilines is 2. The normalized spacial score (nSPS) is 24.0. The number of aromatic nitrogens is 1. The van der Waals surface area contributed by atoms with E-state index < -0.39 is 0 Å². The van der Waals surface area contributed by atoms with Crippen LogP contribution in [0.2, 0.25) is 0 Å². The Balaban J connectivity index is 1.15. The Labute approximate surface area is 204 Å². The molecule has 6 nitrogen and oxygen atoms in total. The van der Waals surface area contributed by atoms with Crippen molar-refractivity contribution in [1.82, 2.24) is 15.6 Å². The molecule has 2 aliphatic heterocycles. The zero-order valence-corrected chi connectivity index (χ0v) is 20.8. The average molecular weight is 476 g/mol. The van der Waals surface area contributed by atoms with E-state index in [1.807, 2.05) is 12.1 Å². The van der Waals surface area contributed by atoms with Crippen LogP contribution in [-0.2, 0) is 12.8 Å². The van der Waals surface area contributed by atoms with Gasteiger partial charge in [0.2, 0.25) is 0 Å². The average Bonchev–Trinajstić information content (AvgIpc) is 3.36. The molecule has 7 heteroatoms. The number of aryl methyl sites for hydroxylation is 1. The number of amides is 1. The first kappa shape index (κ1) is 21.9. The summed E-state index contributed by atoms with van der Waals surface area (Å²) >= 11 is 1.40. The van der Waals surface area contributed by atoms with E-state index in [-0.39, 0.29) is 11.9 Å². The molecule has 6 rings (SSSR count). The van der Waals surface area contributed by atoms with Crippen LogP contribution < -0.4 is 21.3 Å². The summed E-state index contributed by atoms with van der Waals surface area (Å²) in [5, 5.41) is 7.85. The van der Waals surface area contributed by atoms with Gasteiger partial charge in [-0.15, -0.1) is 11.3 Å². The van der Waals surface area contributed by atoms with Crippen molar-refractivity contribution >= 4 is 38.8 Å². The lowest BCUT2D eigenvalue weighted by Crippen LogP contribution is -2.51. The molecule has 1 aliphatic carbocycles. The first-order valence-electron chi connectivity index (χ1n) is 12.6. The number of nitrogens with zero attached hydrogens (tertiary/aromatic N) is 2. The van der Waals surface area contributed by atoms with Gasteiger partial charge < -0.3 is 21.3 Å². The highest BCUT2D eigenvalue weighted by molar-refractivity contribution is 7.21. The van der Waals surface area contributed by atoms with Crippen LogP contribution in [0.25, 0.3) is 10.2 Å². The van der Waals surface area contributed by atoms with Crippen molar-refractivity contribution < 1.29 is 4.79 Å². The Kier molecular flexibility index (Phi) is 5.49. The molecule has 34 heavy (non-hydrogen) atoms. The Bertz CT molecular complexity index is 1240. The topological polar surface area (TPSA) is 83.3 Å². The Morgan fingerprint density at radius 1 is 1.15 bits per heavy atom. The van der Waals surface area contributed by atoms with Gasteiger partial charge in [0.1, 0.15) is 9.71 Å². The molecule has 3 atom stereocenters. The third kappa shape index (κ3) is 3.95. The van der Waals surface area contributed by atoms with Crippen LogP contribution in [0.15, 0.2) is 30.3 Å². The quantitative estimate of drug-likeness (QED) is 0.526. The molecule has 0 saturated carbocycles. The van der Waals surface area contributed by atoms with E-state index in [1.54, 1.807) is 0 Å². The molecule has 2 saturated heterocycles. The van der Waals surface area contributed by atoms with Crippen molar-refractivity contribution in [3.05, 3.63) is 52.0 Å². The molecule has 178 valence electrons. The predicted octanol–water partition coefficient (Wildman–Crippen LogP) is 4.23. The summed E-state index contributed by atoms with van der Waals surface area (Å²) in [4.78, 5) is 21.8. The fraction of sp³-hybridized carbons (Fsp3) is 0.481. The van der Waals surface area contributed by atoms with Crippen LogP contribution in [0.4, 0.5) is 11.4 Å². The lowest BCUT2D eigenvalue weighted by molar-refractivity contribution is 0.0938. The number of carbonyl (C=O) groups excluding carboxylic acids is 1. The SMILES string of the molecule is CC(C)c1ccc2c(N)c(C(=O)N[C@H]3CCc4cc(N5C[C@H]6CC[C@@H](C5)N6)ccc4C3)sc2n1. The maximum Gasteiger partial charge on any atom is 0.263 e. The second-order valence-electron chi connectivity index (χ2n) is 10.5. The summed E-state index contributed by atoms with van der Waals surface area (Å²) in [6.45, 7) is 6.46. The molecule has 2 aromatic heterocycles. The van der Waals surface area contributed by atoms with Gasteiger partial charge in [-0.1, -0.05) is 19.9 Å². The van der Waals surface area contributed by atoms with E-state index in [2.05, 4.69) is 47.6 Å². The van der Waals surface area contributed by atoms with E-state index in [0.29, 0.717) is 28.6 Å². The van der Waals surface area contributed by atoms with Gasteiger partial charge in [-0.3, -0.25) is 4.79 Å². The van der Waals surface area contributed by atoms with Crippen molar-refractivity contribution in [2.24, 2.45) is 0 Å². The largest absolute Gasteiger partial charge is 0.397 e. The summed E-state index contributed by atoms with van der Waals surface area (Å²) in [5.41, 5.74) is 12.1. The van der Waals surface area contributed by atoms with Crippen LogP contribution in [0.5, 0.6) is 0 Å². The van der Waals surface area contributed by atoms with Gasteiger partial charge >= 0.3 is 0 Å². The standard InChI is InChI=1S/C27H33N5OS/c1-15(2)23-10-9-22-24(28)25(34-27(22)31-23)26(33)30-18-5-3-17-12-21(8-4-16(17)11-18)32-13-19-6-7-20(14-32)29-19/h4,8-10,12,15,18-20,29H,3,5-7,11,13-14,28H2,1-2H3,(H,30,33)/t18-,19-,20+/m0/s1. The second-order valence-corrected chi connectivity index (χ2v) is 11.5. The number of nitrogen functional groups attached to an aromatic ring is 1. The number of benzene rings is 1. The molecule has 4 heterocycles. The summed E-state index contributed by atoms with van der Waals surface area (Å²) in [6.07, 6.45) is 5.41. The lowest BCUT2D eigenvalue weighted by atomic mass is 9.87. The van der Waals surface area contributed by atoms with Gasteiger partial charge in [0.15, 0.2) is 0 Å². The van der Waals surface area contributed by atoms with Crippen LogP contribution in [0.1, 0.15) is 65.5 Å². The van der Waals surface area contributed by atoms with Crippen molar-refractivity contribution in [2.75, 3.05) is 23.7 Å². The number of carbonyl (C=O) groups is 1. The molecule has 0 radical (unpaired) electrons. The molecule has 3 aliphatic rings. The maximum atomic E-state index is 13.1. The minimum absolute atomic E-state index is 0.0760.